The fraction of sp³-hybridized carbons (Fsp3) is 0.250. The van der Waals surface area contributed by atoms with Crippen LogP contribution in [0.5, 0.6) is 0 Å². The minimum absolute atomic E-state index is 0.210. The molecule has 1 aromatic carbocycles. The van der Waals surface area contributed by atoms with E-state index in [9.17, 15) is 9.59 Å². The molecular weight excluding hydrogens is 228 g/mol. The topological polar surface area (TPSA) is 54.4 Å². The third-order valence-electron chi connectivity index (χ3n) is 2.22. The lowest BCUT2D eigenvalue weighted by molar-refractivity contribution is -0.136. The van der Waals surface area contributed by atoms with Gasteiger partial charge in [-0.1, -0.05) is 18.5 Å². The van der Waals surface area contributed by atoms with Gasteiger partial charge in [-0.3, -0.25) is 9.59 Å². The summed E-state index contributed by atoms with van der Waals surface area (Å²) in [5.41, 5.74) is 0.475. The van der Waals surface area contributed by atoms with Crippen LogP contribution < -0.4 is 0 Å². The Hall–Kier alpha value is -1.35. The van der Waals surface area contributed by atoms with Gasteiger partial charge in [0.2, 0.25) is 0 Å². The normalized spacial score (nSPS) is 10.4. The quantitative estimate of drug-likeness (QED) is 0.804. The first-order valence-electron chi connectivity index (χ1n) is 4.91. The summed E-state index contributed by atoms with van der Waals surface area (Å²) in [6.07, 6.45) is 0.228. The van der Waals surface area contributed by atoms with Crippen molar-refractivity contribution in [2.75, 3.05) is 0 Å². The molecule has 0 aliphatic rings. The molecule has 0 aromatic heterocycles. The number of carbonyl (C=O) groups is 2. The highest BCUT2D eigenvalue weighted by molar-refractivity contribution is 6.30. The van der Waals surface area contributed by atoms with E-state index in [0.29, 0.717) is 22.9 Å². The number of rotatable bonds is 5. The number of Topliss-reactive ketones (excluding diaryl/α,β-unsaturated/α-hetero) is 1. The third kappa shape index (κ3) is 3.35. The van der Waals surface area contributed by atoms with E-state index < -0.39 is 5.97 Å². The van der Waals surface area contributed by atoms with Crippen LogP contribution in [0.25, 0.3) is 0 Å². The molecule has 0 unspecified atom stereocenters. The van der Waals surface area contributed by atoms with E-state index in [2.05, 4.69) is 0 Å². The van der Waals surface area contributed by atoms with Gasteiger partial charge in [-0.25, -0.2) is 0 Å². The van der Waals surface area contributed by atoms with Gasteiger partial charge < -0.3 is 5.11 Å². The summed E-state index contributed by atoms with van der Waals surface area (Å²) in [5, 5.41) is 9.21. The summed E-state index contributed by atoms with van der Waals surface area (Å²) in [4.78, 5) is 22.4. The molecule has 0 saturated heterocycles. The standard InChI is InChI=1S/C12H12ClO3/c1-2-8(7-11(14)15)12(16)9-3-5-10(13)6-4-9/h3-6H,2,7H2,1H3,(H,14,15). The van der Waals surface area contributed by atoms with Crippen molar-refractivity contribution in [3.63, 3.8) is 0 Å². The van der Waals surface area contributed by atoms with Gasteiger partial charge in [-0.15, -0.1) is 0 Å². The van der Waals surface area contributed by atoms with Crippen LogP contribution in [0.4, 0.5) is 0 Å². The summed E-state index contributed by atoms with van der Waals surface area (Å²) >= 11 is 5.70. The predicted molar refractivity (Wildman–Crippen MR) is 61.6 cm³/mol. The van der Waals surface area contributed by atoms with Gasteiger partial charge in [-0.2, -0.15) is 0 Å². The van der Waals surface area contributed by atoms with E-state index in [0.717, 1.165) is 0 Å². The highest BCUT2D eigenvalue weighted by atomic mass is 35.5. The number of hydrogen-bond donors (Lipinski definition) is 1. The summed E-state index contributed by atoms with van der Waals surface area (Å²) in [6.45, 7) is 1.77. The van der Waals surface area contributed by atoms with Crippen molar-refractivity contribution in [3.8, 4) is 0 Å². The Morgan fingerprint density at radius 1 is 1.25 bits per heavy atom. The average Bonchev–Trinajstić information content (AvgIpc) is 2.25. The molecule has 0 amide bonds. The van der Waals surface area contributed by atoms with Gasteiger partial charge in [0.1, 0.15) is 0 Å². The first-order chi connectivity index (χ1) is 7.54. The molecule has 0 atom stereocenters. The molecule has 4 heteroatoms. The number of carbonyl (C=O) groups excluding carboxylic acids is 1. The molecule has 3 nitrogen and oxygen atoms in total. The summed E-state index contributed by atoms with van der Waals surface area (Å²) in [5.74, 6) is -0.810. The maximum absolute atomic E-state index is 11.9. The van der Waals surface area contributed by atoms with Gasteiger partial charge in [0, 0.05) is 10.6 Å². The largest absolute Gasteiger partial charge is 0.481 e. The summed E-state index contributed by atoms with van der Waals surface area (Å²) < 4.78 is 0. The highest BCUT2D eigenvalue weighted by Crippen LogP contribution is 2.19. The number of halogens is 1. The lowest BCUT2D eigenvalue weighted by Gasteiger charge is -2.10. The van der Waals surface area contributed by atoms with Crippen molar-refractivity contribution >= 4 is 23.4 Å². The van der Waals surface area contributed by atoms with Gasteiger partial charge in [-0.05, 0) is 30.7 Å². The third-order valence-corrected chi connectivity index (χ3v) is 2.47. The number of aliphatic carboxylic acids is 1. The van der Waals surface area contributed by atoms with Crippen LogP contribution in [0.2, 0.25) is 5.02 Å². The summed E-state index contributed by atoms with van der Waals surface area (Å²) in [7, 11) is 0. The van der Waals surface area contributed by atoms with Gasteiger partial charge >= 0.3 is 5.97 Å². The monoisotopic (exact) mass is 239 g/mol. The second-order valence-electron chi connectivity index (χ2n) is 3.36. The SMILES string of the molecule is CC[C](CC(=O)O)C(=O)c1ccc(Cl)cc1. The molecule has 0 saturated carbocycles. The van der Waals surface area contributed by atoms with E-state index in [1.807, 2.05) is 0 Å². The van der Waals surface area contributed by atoms with Crippen LogP contribution in [0.15, 0.2) is 24.3 Å². The molecule has 1 rings (SSSR count). The fourth-order valence-electron chi connectivity index (χ4n) is 1.35. The van der Waals surface area contributed by atoms with Gasteiger partial charge in [0.15, 0.2) is 5.78 Å². The minimum Gasteiger partial charge on any atom is -0.481 e. The predicted octanol–water partition coefficient (Wildman–Crippen LogP) is 2.98. The van der Waals surface area contributed by atoms with Crippen LogP contribution in [-0.2, 0) is 4.79 Å². The van der Waals surface area contributed by atoms with E-state index in [-0.39, 0.29) is 12.2 Å². The van der Waals surface area contributed by atoms with E-state index in [1.165, 1.54) is 0 Å². The van der Waals surface area contributed by atoms with Crippen LogP contribution >= 0.6 is 11.6 Å². The Kier molecular flexibility index (Phi) is 4.50. The molecule has 0 spiro atoms. The number of carboxylic acid groups (broad SMARTS) is 1. The molecule has 85 valence electrons. The lowest BCUT2D eigenvalue weighted by Crippen LogP contribution is -2.15. The first kappa shape index (κ1) is 12.7. The molecule has 1 aromatic rings. The molecule has 0 aliphatic carbocycles. The average molecular weight is 240 g/mol. The molecule has 0 aliphatic heterocycles. The number of benzene rings is 1. The second kappa shape index (κ2) is 5.66. The van der Waals surface area contributed by atoms with E-state index >= 15 is 0 Å². The van der Waals surface area contributed by atoms with Crippen LogP contribution in [0, 0.1) is 5.92 Å². The summed E-state index contributed by atoms with van der Waals surface area (Å²) in [6, 6.07) is 6.43. The number of hydrogen-bond acceptors (Lipinski definition) is 2. The van der Waals surface area contributed by atoms with Crippen molar-refractivity contribution in [1.82, 2.24) is 0 Å². The maximum atomic E-state index is 11.9. The Morgan fingerprint density at radius 2 is 1.81 bits per heavy atom. The van der Waals surface area contributed by atoms with Crippen molar-refractivity contribution < 1.29 is 14.7 Å². The van der Waals surface area contributed by atoms with Crippen molar-refractivity contribution in [3.05, 3.63) is 40.8 Å². The van der Waals surface area contributed by atoms with E-state index in [1.54, 1.807) is 31.2 Å². The Balaban J connectivity index is 2.82. The van der Waals surface area contributed by atoms with Gasteiger partial charge in [0.25, 0.3) is 0 Å². The van der Waals surface area contributed by atoms with Crippen LogP contribution in [-0.4, -0.2) is 16.9 Å². The number of carboxylic acids is 1. The van der Waals surface area contributed by atoms with Gasteiger partial charge in [0.05, 0.1) is 12.3 Å². The maximum Gasteiger partial charge on any atom is 0.304 e. The molecular formula is C12H12ClO3. The molecule has 0 fully saturated rings. The molecule has 0 bridgehead atoms. The van der Waals surface area contributed by atoms with Crippen molar-refractivity contribution in [2.24, 2.45) is 0 Å². The zero-order valence-corrected chi connectivity index (χ0v) is 9.62. The smallest absolute Gasteiger partial charge is 0.304 e. The minimum atomic E-state index is -0.987. The number of ketones is 1. The van der Waals surface area contributed by atoms with Crippen LogP contribution in [0.3, 0.4) is 0 Å². The zero-order valence-electron chi connectivity index (χ0n) is 8.87. The molecule has 1 N–H and O–H groups in total. The van der Waals surface area contributed by atoms with Crippen LogP contribution in [0.1, 0.15) is 30.1 Å². The molecule has 0 heterocycles. The van der Waals surface area contributed by atoms with E-state index in [4.69, 9.17) is 16.7 Å². The first-order valence-corrected chi connectivity index (χ1v) is 5.29. The molecule has 16 heavy (non-hydrogen) atoms. The van der Waals surface area contributed by atoms with Crippen molar-refractivity contribution in [2.45, 2.75) is 19.8 Å². The molecule has 1 radical (unpaired) electrons. The fourth-order valence-corrected chi connectivity index (χ4v) is 1.48. The highest BCUT2D eigenvalue weighted by Gasteiger charge is 2.21. The zero-order chi connectivity index (χ0) is 12.1. The Morgan fingerprint density at radius 3 is 2.25 bits per heavy atom. The van der Waals surface area contributed by atoms with Crippen molar-refractivity contribution in [1.29, 1.82) is 0 Å². The second-order valence-corrected chi connectivity index (χ2v) is 3.80. The Bertz CT molecular complexity index is 384. The Labute approximate surface area is 99.0 Å². The lowest BCUT2D eigenvalue weighted by atomic mass is 9.92.